The predicted molar refractivity (Wildman–Crippen MR) is 141 cm³/mol. The van der Waals surface area contributed by atoms with Gasteiger partial charge >= 0.3 is 5.97 Å². The van der Waals surface area contributed by atoms with Crippen LogP contribution in [-0.4, -0.2) is 35.1 Å². The number of anilines is 1. The number of carboxylic acid groups (broad SMARTS) is 1. The Hall–Kier alpha value is -4.02. The largest absolute Gasteiger partial charge is 0.493 e. The normalized spacial score (nSPS) is 14.6. The molecule has 0 aromatic heterocycles. The molecule has 0 radical (unpaired) electrons. The van der Waals surface area contributed by atoms with Crippen molar-refractivity contribution in [3.63, 3.8) is 0 Å². The number of aromatic carboxylic acids is 1. The third-order valence-corrected chi connectivity index (χ3v) is 6.04. The fourth-order valence-corrected chi connectivity index (χ4v) is 4.14. The van der Waals surface area contributed by atoms with Crippen molar-refractivity contribution in [3.05, 3.63) is 93.5 Å². The SMILES string of the molecule is COc1cc(/C=C2/C(=O)NC(=S)N(c3cccc(Br)c3)C2=O)ccc1OCc1ccc(C(=O)O)cc1. The number of methoxy groups -OCH3 is 1. The van der Waals surface area contributed by atoms with Crippen molar-refractivity contribution in [1.29, 1.82) is 0 Å². The van der Waals surface area contributed by atoms with Crippen LogP contribution in [-0.2, 0) is 16.2 Å². The summed E-state index contributed by atoms with van der Waals surface area (Å²) in [5, 5.41) is 11.6. The molecular weight excluding hydrogens is 548 g/mol. The van der Waals surface area contributed by atoms with E-state index in [0.717, 1.165) is 10.0 Å². The van der Waals surface area contributed by atoms with E-state index >= 15 is 0 Å². The van der Waals surface area contributed by atoms with Gasteiger partial charge in [0.15, 0.2) is 16.6 Å². The van der Waals surface area contributed by atoms with Crippen LogP contribution in [0, 0.1) is 0 Å². The zero-order valence-electron chi connectivity index (χ0n) is 18.9. The van der Waals surface area contributed by atoms with Gasteiger partial charge < -0.3 is 14.6 Å². The summed E-state index contributed by atoms with van der Waals surface area (Å²) in [6.07, 6.45) is 1.46. The Morgan fingerprint density at radius 1 is 1.08 bits per heavy atom. The van der Waals surface area contributed by atoms with Crippen LogP contribution in [0.1, 0.15) is 21.5 Å². The van der Waals surface area contributed by atoms with E-state index in [0.29, 0.717) is 22.7 Å². The molecule has 0 unspecified atom stereocenters. The molecule has 1 heterocycles. The van der Waals surface area contributed by atoms with Crippen molar-refractivity contribution >= 4 is 62.8 Å². The second-order valence-corrected chi connectivity index (χ2v) is 8.94. The smallest absolute Gasteiger partial charge is 0.335 e. The Balaban J connectivity index is 1.56. The molecule has 0 aliphatic carbocycles. The van der Waals surface area contributed by atoms with Crippen molar-refractivity contribution in [2.45, 2.75) is 6.61 Å². The maximum Gasteiger partial charge on any atom is 0.335 e. The first-order chi connectivity index (χ1) is 17.3. The molecular formula is C26H19BrN2O6S. The van der Waals surface area contributed by atoms with E-state index in [2.05, 4.69) is 21.2 Å². The Morgan fingerprint density at radius 3 is 2.50 bits per heavy atom. The first kappa shape index (κ1) is 25.1. The standard InChI is InChI=1S/C26H19BrN2O6S/c1-34-22-12-16(7-10-21(22)35-14-15-5-8-17(9-6-15)25(32)33)11-20-23(30)28-26(36)29(24(20)31)19-4-2-3-18(27)13-19/h2-13H,14H2,1H3,(H,32,33)(H,28,30,36)/b20-11-. The van der Waals surface area contributed by atoms with Gasteiger partial charge in [-0.1, -0.05) is 40.2 Å². The molecule has 1 aliphatic rings. The number of carbonyl (C=O) groups excluding carboxylic acids is 2. The van der Waals surface area contributed by atoms with Crippen molar-refractivity contribution in [1.82, 2.24) is 5.32 Å². The number of rotatable bonds is 7. The lowest BCUT2D eigenvalue weighted by Crippen LogP contribution is -2.54. The molecule has 0 saturated carbocycles. The zero-order chi connectivity index (χ0) is 25.8. The number of carboxylic acids is 1. The molecule has 182 valence electrons. The molecule has 3 aromatic carbocycles. The summed E-state index contributed by atoms with van der Waals surface area (Å²) >= 11 is 8.61. The highest BCUT2D eigenvalue weighted by atomic mass is 79.9. The highest BCUT2D eigenvalue weighted by molar-refractivity contribution is 9.10. The summed E-state index contributed by atoms with van der Waals surface area (Å²) in [6.45, 7) is 0.191. The van der Waals surface area contributed by atoms with Crippen LogP contribution < -0.4 is 19.7 Å². The highest BCUT2D eigenvalue weighted by Gasteiger charge is 2.34. The second kappa shape index (κ2) is 10.7. The van der Waals surface area contributed by atoms with Gasteiger partial charge in [-0.25, -0.2) is 4.79 Å². The van der Waals surface area contributed by atoms with Gasteiger partial charge in [0.2, 0.25) is 0 Å². The van der Waals surface area contributed by atoms with Gasteiger partial charge in [-0.05, 0) is 71.9 Å². The molecule has 4 rings (SSSR count). The topological polar surface area (TPSA) is 105 Å². The van der Waals surface area contributed by atoms with Gasteiger partial charge in [0.05, 0.1) is 18.4 Å². The lowest BCUT2D eigenvalue weighted by molar-refractivity contribution is -0.122. The van der Waals surface area contributed by atoms with Crippen molar-refractivity contribution in [2.75, 3.05) is 12.0 Å². The lowest BCUT2D eigenvalue weighted by Gasteiger charge is -2.29. The predicted octanol–water partition coefficient (Wildman–Crippen LogP) is 4.57. The average molecular weight is 567 g/mol. The number of hydrogen-bond acceptors (Lipinski definition) is 6. The molecule has 1 saturated heterocycles. The van der Waals surface area contributed by atoms with E-state index in [9.17, 15) is 14.4 Å². The molecule has 8 nitrogen and oxygen atoms in total. The van der Waals surface area contributed by atoms with Crippen molar-refractivity contribution < 1.29 is 29.0 Å². The molecule has 3 aromatic rings. The number of thiocarbonyl (C=S) groups is 1. The lowest BCUT2D eigenvalue weighted by atomic mass is 10.1. The summed E-state index contributed by atoms with van der Waals surface area (Å²) in [7, 11) is 1.48. The minimum atomic E-state index is -0.999. The van der Waals surface area contributed by atoms with E-state index in [1.165, 1.54) is 30.2 Å². The first-order valence-corrected chi connectivity index (χ1v) is 11.8. The Bertz CT molecular complexity index is 1400. The average Bonchev–Trinajstić information content (AvgIpc) is 2.85. The van der Waals surface area contributed by atoms with E-state index in [-0.39, 0.29) is 22.9 Å². The van der Waals surface area contributed by atoms with Crippen LogP contribution in [0.15, 0.2) is 76.8 Å². The van der Waals surface area contributed by atoms with Gasteiger partial charge in [-0.3, -0.25) is 19.8 Å². The number of hydrogen-bond donors (Lipinski definition) is 2. The number of amides is 2. The van der Waals surface area contributed by atoms with Gasteiger partial charge in [0.25, 0.3) is 11.8 Å². The molecule has 0 bridgehead atoms. The Labute approximate surface area is 220 Å². The number of nitrogens with zero attached hydrogens (tertiary/aromatic N) is 1. The maximum absolute atomic E-state index is 13.2. The van der Waals surface area contributed by atoms with E-state index in [1.807, 2.05) is 6.07 Å². The van der Waals surface area contributed by atoms with Crippen LogP contribution in [0.5, 0.6) is 11.5 Å². The van der Waals surface area contributed by atoms with E-state index in [1.54, 1.807) is 48.5 Å². The maximum atomic E-state index is 13.2. The van der Waals surface area contributed by atoms with Gasteiger partial charge in [0.1, 0.15) is 12.2 Å². The molecule has 1 aliphatic heterocycles. The van der Waals surface area contributed by atoms with Crippen LogP contribution in [0.3, 0.4) is 0 Å². The fourth-order valence-electron chi connectivity index (χ4n) is 3.47. The van der Waals surface area contributed by atoms with Crippen LogP contribution in [0.25, 0.3) is 6.08 Å². The van der Waals surface area contributed by atoms with Crippen molar-refractivity contribution in [2.24, 2.45) is 0 Å². The van der Waals surface area contributed by atoms with Crippen LogP contribution in [0.2, 0.25) is 0 Å². The van der Waals surface area contributed by atoms with Crippen molar-refractivity contribution in [3.8, 4) is 11.5 Å². The molecule has 2 amide bonds. The highest BCUT2D eigenvalue weighted by Crippen LogP contribution is 2.31. The van der Waals surface area contributed by atoms with Gasteiger partial charge in [0, 0.05) is 4.47 Å². The van der Waals surface area contributed by atoms with E-state index < -0.39 is 17.8 Å². The first-order valence-electron chi connectivity index (χ1n) is 10.6. The van der Waals surface area contributed by atoms with Gasteiger partial charge in [-0.2, -0.15) is 0 Å². The number of halogens is 1. The van der Waals surface area contributed by atoms with Crippen LogP contribution in [0.4, 0.5) is 5.69 Å². The summed E-state index contributed by atoms with van der Waals surface area (Å²) in [5.74, 6) is -1.31. The molecule has 1 fully saturated rings. The third kappa shape index (κ3) is 5.45. The number of nitrogens with one attached hydrogen (secondary N) is 1. The summed E-state index contributed by atoms with van der Waals surface area (Å²) < 4.78 is 12.0. The summed E-state index contributed by atoms with van der Waals surface area (Å²) in [6, 6.07) is 18.4. The Kier molecular flexibility index (Phi) is 7.47. The fraction of sp³-hybridized carbons (Fsp3) is 0.0769. The molecule has 10 heteroatoms. The summed E-state index contributed by atoms with van der Waals surface area (Å²) in [4.78, 5) is 38.1. The molecule has 2 N–H and O–H groups in total. The quantitative estimate of drug-likeness (QED) is 0.245. The third-order valence-electron chi connectivity index (χ3n) is 5.26. The van der Waals surface area contributed by atoms with E-state index in [4.69, 9.17) is 26.8 Å². The minimum Gasteiger partial charge on any atom is -0.493 e. The number of carbonyl (C=O) groups is 3. The zero-order valence-corrected chi connectivity index (χ0v) is 21.3. The monoisotopic (exact) mass is 566 g/mol. The Morgan fingerprint density at radius 2 is 1.83 bits per heavy atom. The van der Waals surface area contributed by atoms with Gasteiger partial charge in [-0.15, -0.1) is 0 Å². The molecule has 0 spiro atoms. The molecule has 0 atom stereocenters. The molecule has 36 heavy (non-hydrogen) atoms. The second-order valence-electron chi connectivity index (χ2n) is 7.64. The number of ether oxygens (including phenoxy) is 2. The minimum absolute atomic E-state index is 0.00188. The number of benzene rings is 3. The summed E-state index contributed by atoms with van der Waals surface area (Å²) in [5.41, 5.74) is 1.95. The van der Waals surface area contributed by atoms with Crippen LogP contribution >= 0.6 is 28.1 Å².